The molecule has 0 radical (unpaired) electrons. The maximum absolute atomic E-state index is 11.1. The molecule has 3 N–H and O–H groups in total. The van der Waals surface area contributed by atoms with Crippen molar-refractivity contribution in [1.29, 1.82) is 0 Å². The average molecular weight is 250 g/mol. The summed E-state index contributed by atoms with van der Waals surface area (Å²) in [6, 6.07) is 5.38. The SMILES string of the molecule is O=C(CCO)NCCc1ccc2oc(=O)[nH]c2c1. The highest BCUT2D eigenvalue weighted by Crippen LogP contribution is 2.12. The van der Waals surface area contributed by atoms with Gasteiger partial charge in [-0.15, -0.1) is 0 Å². The fourth-order valence-electron chi connectivity index (χ4n) is 1.69. The van der Waals surface area contributed by atoms with Crippen LogP contribution >= 0.6 is 0 Å². The zero-order chi connectivity index (χ0) is 13.0. The molecule has 0 aliphatic heterocycles. The molecule has 1 aromatic heterocycles. The van der Waals surface area contributed by atoms with Crippen molar-refractivity contribution in [2.45, 2.75) is 12.8 Å². The third-order valence-corrected chi connectivity index (χ3v) is 2.56. The Balaban J connectivity index is 1.95. The van der Waals surface area contributed by atoms with Crippen LogP contribution in [0.15, 0.2) is 27.4 Å². The molecule has 0 saturated carbocycles. The number of H-pyrrole nitrogens is 1. The van der Waals surface area contributed by atoms with Crippen LogP contribution in [-0.2, 0) is 11.2 Å². The van der Waals surface area contributed by atoms with Gasteiger partial charge in [-0.05, 0) is 24.1 Å². The van der Waals surface area contributed by atoms with Crippen molar-refractivity contribution in [3.05, 3.63) is 34.3 Å². The standard InChI is InChI=1S/C12H14N2O4/c15-6-4-11(16)13-5-3-8-1-2-10-9(7-8)14-12(17)18-10/h1-2,7,15H,3-6H2,(H,13,16)(H,14,17). The minimum atomic E-state index is -0.474. The summed E-state index contributed by atoms with van der Waals surface area (Å²) in [5.41, 5.74) is 2.16. The van der Waals surface area contributed by atoms with Crippen LogP contribution in [-0.4, -0.2) is 29.1 Å². The third kappa shape index (κ3) is 2.98. The van der Waals surface area contributed by atoms with Crippen molar-refractivity contribution in [3.63, 3.8) is 0 Å². The van der Waals surface area contributed by atoms with Crippen LogP contribution in [0.5, 0.6) is 0 Å². The Morgan fingerprint density at radius 3 is 3.06 bits per heavy atom. The number of amides is 1. The van der Waals surface area contributed by atoms with Gasteiger partial charge >= 0.3 is 5.76 Å². The molecule has 6 nitrogen and oxygen atoms in total. The topological polar surface area (TPSA) is 95.3 Å². The largest absolute Gasteiger partial charge is 0.417 e. The smallest absolute Gasteiger partial charge is 0.408 e. The average Bonchev–Trinajstić information content (AvgIpc) is 2.69. The minimum Gasteiger partial charge on any atom is -0.408 e. The summed E-state index contributed by atoms with van der Waals surface area (Å²) in [6.07, 6.45) is 0.772. The number of fused-ring (bicyclic) bond motifs is 1. The van der Waals surface area contributed by atoms with Crippen molar-refractivity contribution < 1.29 is 14.3 Å². The summed E-state index contributed by atoms with van der Waals surface area (Å²) in [7, 11) is 0. The maximum Gasteiger partial charge on any atom is 0.417 e. The first kappa shape index (κ1) is 12.4. The lowest BCUT2D eigenvalue weighted by atomic mass is 10.1. The summed E-state index contributed by atoms with van der Waals surface area (Å²) in [4.78, 5) is 24.7. The zero-order valence-corrected chi connectivity index (χ0v) is 9.73. The number of nitrogens with one attached hydrogen (secondary N) is 2. The molecule has 1 aromatic carbocycles. The van der Waals surface area contributed by atoms with Gasteiger partial charge in [0, 0.05) is 13.0 Å². The fourth-order valence-corrected chi connectivity index (χ4v) is 1.69. The van der Waals surface area contributed by atoms with Crippen LogP contribution in [0.1, 0.15) is 12.0 Å². The van der Waals surface area contributed by atoms with Crippen LogP contribution < -0.4 is 11.1 Å². The van der Waals surface area contributed by atoms with Crippen molar-refractivity contribution in [1.82, 2.24) is 10.3 Å². The van der Waals surface area contributed by atoms with E-state index >= 15 is 0 Å². The van der Waals surface area contributed by atoms with E-state index in [1.54, 1.807) is 6.07 Å². The highest BCUT2D eigenvalue weighted by atomic mass is 16.4. The molecule has 2 aromatic rings. The molecule has 0 fully saturated rings. The monoisotopic (exact) mass is 250 g/mol. The van der Waals surface area contributed by atoms with Gasteiger partial charge in [0.2, 0.25) is 5.91 Å². The van der Waals surface area contributed by atoms with E-state index in [2.05, 4.69) is 10.3 Å². The number of oxazole rings is 1. The molecule has 0 atom stereocenters. The van der Waals surface area contributed by atoms with Crippen LogP contribution in [0, 0.1) is 0 Å². The molecule has 1 heterocycles. The van der Waals surface area contributed by atoms with E-state index in [0.29, 0.717) is 24.1 Å². The Labute approximate surface area is 103 Å². The Hall–Kier alpha value is -2.08. The van der Waals surface area contributed by atoms with Gasteiger partial charge in [-0.3, -0.25) is 9.78 Å². The van der Waals surface area contributed by atoms with Crippen molar-refractivity contribution in [2.75, 3.05) is 13.2 Å². The highest BCUT2D eigenvalue weighted by molar-refractivity contribution is 5.76. The highest BCUT2D eigenvalue weighted by Gasteiger charge is 2.03. The predicted octanol–water partition coefficient (Wildman–Crippen LogP) is 0.162. The van der Waals surface area contributed by atoms with Gasteiger partial charge in [0.15, 0.2) is 5.58 Å². The number of aliphatic hydroxyl groups excluding tert-OH is 1. The molecule has 2 rings (SSSR count). The first-order valence-electron chi connectivity index (χ1n) is 5.68. The summed E-state index contributed by atoms with van der Waals surface area (Å²) >= 11 is 0. The molecular formula is C12H14N2O4. The number of benzene rings is 1. The lowest BCUT2D eigenvalue weighted by molar-refractivity contribution is -0.121. The molecule has 1 amide bonds. The number of hydrogen-bond acceptors (Lipinski definition) is 4. The van der Waals surface area contributed by atoms with E-state index in [4.69, 9.17) is 9.52 Å². The van der Waals surface area contributed by atoms with Gasteiger partial charge in [-0.2, -0.15) is 0 Å². The second kappa shape index (κ2) is 5.50. The van der Waals surface area contributed by atoms with Gasteiger partial charge in [-0.1, -0.05) is 6.07 Å². The van der Waals surface area contributed by atoms with Crippen LogP contribution in [0.3, 0.4) is 0 Å². The number of aromatic nitrogens is 1. The number of hydrogen-bond donors (Lipinski definition) is 3. The molecule has 0 saturated heterocycles. The van der Waals surface area contributed by atoms with Crippen LogP contribution in [0.2, 0.25) is 0 Å². The normalized spacial score (nSPS) is 10.7. The first-order valence-corrected chi connectivity index (χ1v) is 5.68. The van der Waals surface area contributed by atoms with Crippen LogP contribution in [0.4, 0.5) is 0 Å². The van der Waals surface area contributed by atoms with E-state index in [9.17, 15) is 9.59 Å². The number of aliphatic hydroxyl groups is 1. The molecular weight excluding hydrogens is 236 g/mol. The lowest BCUT2D eigenvalue weighted by Gasteiger charge is -2.04. The summed E-state index contributed by atoms with van der Waals surface area (Å²) in [5, 5.41) is 11.3. The van der Waals surface area contributed by atoms with Gasteiger partial charge < -0.3 is 14.8 Å². The second-order valence-electron chi connectivity index (χ2n) is 3.92. The number of carbonyl (C=O) groups is 1. The molecule has 18 heavy (non-hydrogen) atoms. The predicted molar refractivity (Wildman–Crippen MR) is 65.3 cm³/mol. The number of aromatic amines is 1. The summed E-state index contributed by atoms with van der Waals surface area (Å²) < 4.78 is 4.89. The van der Waals surface area contributed by atoms with Crippen molar-refractivity contribution in [3.8, 4) is 0 Å². The number of rotatable bonds is 5. The molecule has 96 valence electrons. The van der Waals surface area contributed by atoms with Gasteiger partial charge in [0.05, 0.1) is 12.1 Å². The van der Waals surface area contributed by atoms with E-state index in [0.717, 1.165) is 5.56 Å². The summed E-state index contributed by atoms with van der Waals surface area (Å²) in [6.45, 7) is 0.348. The van der Waals surface area contributed by atoms with Crippen molar-refractivity contribution >= 4 is 17.0 Å². The van der Waals surface area contributed by atoms with Gasteiger partial charge in [0.25, 0.3) is 0 Å². The Morgan fingerprint density at radius 2 is 2.28 bits per heavy atom. The van der Waals surface area contributed by atoms with E-state index < -0.39 is 5.76 Å². The zero-order valence-electron chi connectivity index (χ0n) is 9.73. The van der Waals surface area contributed by atoms with Gasteiger partial charge in [0.1, 0.15) is 0 Å². The minimum absolute atomic E-state index is 0.119. The first-order chi connectivity index (χ1) is 8.69. The second-order valence-corrected chi connectivity index (χ2v) is 3.92. The van der Waals surface area contributed by atoms with Crippen LogP contribution in [0.25, 0.3) is 11.1 Å². The van der Waals surface area contributed by atoms with E-state index in [1.807, 2.05) is 12.1 Å². The Kier molecular flexibility index (Phi) is 3.78. The molecule has 0 unspecified atom stereocenters. The van der Waals surface area contributed by atoms with E-state index in [1.165, 1.54) is 0 Å². The third-order valence-electron chi connectivity index (χ3n) is 2.56. The molecule has 6 heteroatoms. The molecule has 0 bridgehead atoms. The Morgan fingerprint density at radius 1 is 1.44 bits per heavy atom. The lowest BCUT2D eigenvalue weighted by Crippen LogP contribution is -2.26. The van der Waals surface area contributed by atoms with Crippen molar-refractivity contribution in [2.24, 2.45) is 0 Å². The Bertz CT molecular complexity index is 599. The quantitative estimate of drug-likeness (QED) is 0.704. The molecule has 0 aliphatic carbocycles. The number of carbonyl (C=O) groups excluding carboxylic acids is 1. The van der Waals surface area contributed by atoms with E-state index in [-0.39, 0.29) is 18.9 Å². The summed E-state index contributed by atoms with van der Waals surface area (Å²) in [5.74, 6) is -0.645. The molecule has 0 aliphatic rings. The van der Waals surface area contributed by atoms with Gasteiger partial charge in [-0.25, -0.2) is 4.79 Å². The fraction of sp³-hybridized carbons (Fsp3) is 0.333. The maximum atomic E-state index is 11.1. The molecule has 0 spiro atoms.